The van der Waals surface area contributed by atoms with Crippen molar-refractivity contribution in [3.8, 4) is 34.3 Å². The lowest BCUT2D eigenvalue weighted by Gasteiger charge is -2.07. The molecule has 33 heavy (non-hydrogen) atoms. The highest BCUT2D eigenvalue weighted by molar-refractivity contribution is 14.1. The number of aromatic nitrogens is 4. The number of H-pyrrole nitrogens is 2. The van der Waals surface area contributed by atoms with E-state index in [1.807, 2.05) is 48.5 Å². The number of fused-ring (bicyclic) bond motifs is 2. The number of aromatic amines is 2. The summed E-state index contributed by atoms with van der Waals surface area (Å²) in [5, 5.41) is 0. The second-order valence-corrected chi connectivity index (χ2v) is 10.1. The van der Waals surface area contributed by atoms with Gasteiger partial charge in [-0.05, 0) is 130 Å². The van der Waals surface area contributed by atoms with Crippen molar-refractivity contribution < 1.29 is 4.74 Å². The molecular formula is C26H16I2N4O. The predicted molar refractivity (Wildman–Crippen MR) is 149 cm³/mol. The van der Waals surface area contributed by atoms with Crippen LogP contribution in [0, 0.1) is 7.14 Å². The Hall–Kier alpha value is -2.92. The first kappa shape index (κ1) is 20.7. The molecule has 2 N–H and O–H groups in total. The second kappa shape index (κ2) is 8.45. The van der Waals surface area contributed by atoms with Crippen LogP contribution in [0.3, 0.4) is 0 Å². The minimum Gasteiger partial charge on any atom is -0.457 e. The average molecular weight is 654 g/mol. The van der Waals surface area contributed by atoms with E-state index in [1.165, 1.54) is 7.14 Å². The van der Waals surface area contributed by atoms with Crippen molar-refractivity contribution in [3.63, 3.8) is 0 Å². The highest BCUT2D eigenvalue weighted by Gasteiger charge is 2.08. The van der Waals surface area contributed by atoms with Gasteiger partial charge in [-0.25, -0.2) is 9.97 Å². The van der Waals surface area contributed by atoms with E-state index < -0.39 is 0 Å². The van der Waals surface area contributed by atoms with Crippen LogP contribution < -0.4 is 4.74 Å². The zero-order valence-corrected chi connectivity index (χ0v) is 21.5. The summed E-state index contributed by atoms with van der Waals surface area (Å²) in [6.45, 7) is 0. The number of hydrogen-bond acceptors (Lipinski definition) is 3. The second-order valence-electron chi connectivity index (χ2n) is 7.64. The minimum absolute atomic E-state index is 0.774. The summed E-state index contributed by atoms with van der Waals surface area (Å²) in [5.74, 6) is 3.25. The third-order valence-corrected chi connectivity index (χ3v) is 6.72. The van der Waals surface area contributed by atoms with Crippen LogP contribution in [0.5, 0.6) is 11.5 Å². The van der Waals surface area contributed by atoms with Gasteiger partial charge in [-0.2, -0.15) is 0 Å². The van der Waals surface area contributed by atoms with Gasteiger partial charge >= 0.3 is 0 Å². The highest BCUT2D eigenvalue weighted by Crippen LogP contribution is 2.28. The number of halogens is 2. The molecule has 6 aromatic rings. The molecule has 0 unspecified atom stereocenters. The Kier molecular flexibility index (Phi) is 5.30. The Bertz CT molecular complexity index is 1480. The van der Waals surface area contributed by atoms with E-state index in [2.05, 4.69) is 91.5 Å². The molecule has 5 nitrogen and oxygen atoms in total. The van der Waals surface area contributed by atoms with Crippen LogP contribution >= 0.6 is 45.2 Å². The average Bonchev–Trinajstić information content (AvgIpc) is 3.43. The van der Waals surface area contributed by atoms with E-state index in [0.717, 1.165) is 56.3 Å². The monoisotopic (exact) mass is 654 g/mol. The van der Waals surface area contributed by atoms with Crippen LogP contribution in [0.2, 0.25) is 0 Å². The van der Waals surface area contributed by atoms with Crippen molar-refractivity contribution in [1.82, 2.24) is 19.9 Å². The number of hydrogen-bond donors (Lipinski definition) is 2. The van der Waals surface area contributed by atoms with Gasteiger partial charge in [-0.1, -0.05) is 0 Å². The Morgan fingerprint density at radius 3 is 1.39 bits per heavy atom. The standard InChI is InChI=1S/C26H16I2N4O/c27-17-5-11-21-23(13-17)31-25(29-21)15-1-7-19(8-2-15)33-20-9-3-16(4-10-20)26-30-22-12-6-18(28)14-24(22)32-26/h1-14H,(H,29,31)(H,30,32). The van der Waals surface area contributed by atoms with Gasteiger partial charge in [0.05, 0.1) is 22.1 Å². The topological polar surface area (TPSA) is 66.6 Å². The highest BCUT2D eigenvalue weighted by atomic mass is 127. The summed E-state index contributed by atoms with van der Waals surface area (Å²) in [4.78, 5) is 16.2. The maximum absolute atomic E-state index is 6.05. The largest absolute Gasteiger partial charge is 0.457 e. The van der Waals surface area contributed by atoms with Gasteiger partial charge in [0.2, 0.25) is 0 Å². The fourth-order valence-electron chi connectivity index (χ4n) is 3.73. The van der Waals surface area contributed by atoms with Crippen LogP contribution in [0.1, 0.15) is 0 Å². The van der Waals surface area contributed by atoms with Gasteiger partial charge in [-0.15, -0.1) is 0 Å². The number of nitrogens with zero attached hydrogens (tertiary/aromatic N) is 2. The minimum atomic E-state index is 0.774. The van der Waals surface area contributed by atoms with E-state index in [-0.39, 0.29) is 0 Å². The van der Waals surface area contributed by atoms with E-state index in [4.69, 9.17) is 14.7 Å². The Morgan fingerprint density at radius 2 is 0.970 bits per heavy atom. The van der Waals surface area contributed by atoms with E-state index in [1.54, 1.807) is 0 Å². The molecule has 4 aromatic carbocycles. The molecule has 0 aliphatic heterocycles. The van der Waals surface area contributed by atoms with Gasteiger partial charge in [0.1, 0.15) is 23.1 Å². The molecule has 0 radical (unpaired) electrons. The lowest BCUT2D eigenvalue weighted by Crippen LogP contribution is -1.86. The van der Waals surface area contributed by atoms with Crippen molar-refractivity contribution in [3.05, 3.63) is 92.1 Å². The van der Waals surface area contributed by atoms with Crippen molar-refractivity contribution in [1.29, 1.82) is 0 Å². The van der Waals surface area contributed by atoms with Gasteiger partial charge in [0.15, 0.2) is 0 Å². The summed E-state index contributed by atoms with van der Waals surface area (Å²) >= 11 is 4.60. The lowest BCUT2D eigenvalue weighted by atomic mass is 10.2. The van der Waals surface area contributed by atoms with Gasteiger partial charge in [0, 0.05) is 18.3 Å². The number of rotatable bonds is 4. The molecule has 0 spiro atoms. The first-order valence-corrected chi connectivity index (χ1v) is 12.5. The van der Waals surface area contributed by atoms with Crippen LogP contribution in [-0.2, 0) is 0 Å². The molecule has 0 aliphatic rings. The Balaban J connectivity index is 1.19. The maximum atomic E-state index is 6.05. The molecule has 160 valence electrons. The summed E-state index contributed by atoms with van der Waals surface area (Å²) in [6, 6.07) is 28.3. The first-order chi connectivity index (χ1) is 16.1. The molecule has 0 amide bonds. The molecule has 2 heterocycles. The Morgan fingerprint density at radius 1 is 0.545 bits per heavy atom. The number of nitrogens with one attached hydrogen (secondary N) is 2. The molecular weight excluding hydrogens is 638 g/mol. The molecule has 2 aromatic heterocycles. The SMILES string of the molecule is Ic1ccc2[nH]c(-c3ccc(Oc4ccc(-c5nc6cc(I)ccc6[nH]5)cc4)cc3)nc2c1. The molecule has 0 saturated heterocycles. The number of ether oxygens (including phenoxy) is 1. The fourth-order valence-corrected chi connectivity index (χ4v) is 4.68. The maximum Gasteiger partial charge on any atom is 0.138 e. The van der Waals surface area contributed by atoms with Crippen LogP contribution in [0.4, 0.5) is 0 Å². The third kappa shape index (κ3) is 4.22. The molecule has 0 bridgehead atoms. The third-order valence-electron chi connectivity index (χ3n) is 5.38. The van der Waals surface area contributed by atoms with Crippen molar-refractivity contribution >= 4 is 67.2 Å². The Labute approximate surface area is 216 Å². The summed E-state index contributed by atoms with van der Waals surface area (Å²) in [6.07, 6.45) is 0. The first-order valence-electron chi connectivity index (χ1n) is 10.3. The number of benzene rings is 4. The summed E-state index contributed by atoms with van der Waals surface area (Å²) < 4.78 is 8.39. The summed E-state index contributed by atoms with van der Waals surface area (Å²) in [7, 11) is 0. The predicted octanol–water partition coefficient (Wildman–Crippen LogP) is 7.77. The van der Waals surface area contributed by atoms with Crippen molar-refractivity contribution in [2.45, 2.75) is 0 Å². The zero-order chi connectivity index (χ0) is 22.4. The van der Waals surface area contributed by atoms with Crippen molar-refractivity contribution in [2.24, 2.45) is 0 Å². The quantitative estimate of drug-likeness (QED) is 0.191. The number of imidazole rings is 2. The molecule has 7 heteroatoms. The smallest absolute Gasteiger partial charge is 0.138 e. The normalized spacial score (nSPS) is 11.3. The lowest BCUT2D eigenvalue weighted by molar-refractivity contribution is 0.483. The molecule has 0 atom stereocenters. The van der Waals surface area contributed by atoms with E-state index in [9.17, 15) is 0 Å². The summed E-state index contributed by atoms with van der Waals surface area (Å²) in [5.41, 5.74) is 6.04. The zero-order valence-electron chi connectivity index (χ0n) is 17.1. The van der Waals surface area contributed by atoms with Crippen LogP contribution in [0.15, 0.2) is 84.9 Å². The van der Waals surface area contributed by atoms with E-state index >= 15 is 0 Å². The van der Waals surface area contributed by atoms with E-state index in [0.29, 0.717) is 0 Å². The molecule has 0 fully saturated rings. The van der Waals surface area contributed by atoms with Crippen LogP contribution in [0.25, 0.3) is 44.8 Å². The molecule has 0 saturated carbocycles. The van der Waals surface area contributed by atoms with Gasteiger partial charge < -0.3 is 14.7 Å². The molecule has 6 rings (SSSR count). The van der Waals surface area contributed by atoms with Crippen molar-refractivity contribution in [2.75, 3.05) is 0 Å². The van der Waals surface area contributed by atoms with Gasteiger partial charge in [0.25, 0.3) is 0 Å². The van der Waals surface area contributed by atoms with Crippen LogP contribution in [-0.4, -0.2) is 19.9 Å². The van der Waals surface area contributed by atoms with Gasteiger partial charge in [-0.3, -0.25) is 0 Å². The molecule has 0 aliphatic carbocycles. The fraction of sp³-hybridized carbons (Fsp3) is 0.